The molecule has 5 heteroatoms. The molecule has 76 valence electrons. The predicted molar refractivity (Wildman–Crippen MR) is 58.0 cm³/mol. The molecule has 0 aliphatic rings. The van der Waals surface area contributed by atoms with E-state index in [1.807, 2.05) is 6.07 Å². The minimum absolute atomic E-state index is 0.236. The van der Waals surface area contributed by atoms with E-state index in [2.05, 4.69) is 16.2 Å². The van der Waals surface area contributed by atoms with Gasteiger partial charge in [-0.25, -0.2) is 9.82 Å². The van der Waals surface area contributed by atoms with Crippen LogP contribution in [-0.4, -0.2) is 12.2 Å². The van der Waals surface area contributed by atoms with E-state index < -0.39 is 0 Å². The first kappa shape index (κ1) is 10.9. The van der Waals surface area contributed by atoms with Gasteiger partial charge in [0.05, 0.1) is 0 Å². The minimum Gasteiger partial charge on any atom is -0.365 e. The van der Waals surface area contributed by atoms with E-state index in [9.17, 15) is 4.39 Å². The van der Waals surface area contributed by atoms with Crippen molar-refractivity contribution in [1.82, 2.24) is 16.2 Å². The molecule has 0 radical (unpaired) electrons. The number of hydrogen-bond donors (Lipinski definition) is 3. The second kappa shape index (κ2) is 5.51. The SMILES string of the molecule is CNC(=S)NNCc1cccc(F)c1. The molecule has 0 heterocycles. The average molecular weight is 213 g/mol. The van der Waals surface area contributed by atoms with Crippen molar-refractivity contribution in [3.05, 3.63) is 35.6 Å². The standard InChI is InChI=1S/C9H12FN3S/c1-11-9(14)13-12-6-7-3-2-4-8(10)5-7/h2-5,12H,6H2,1H3,(H2,11,13,14). The van der Waals surface area contributed by atoms with Crippen LogP contribution in [0.15, 0.2) is 24.3 Å². The van der Waals surface area contributed by atoms with Crippen molar-refractivity contribution in [2.75, 3.05) is 7.05 Å². The summed E-state index contributed by atoms with van der Waals surface area (Å²) in [5.41, 5.74) is 6.47. The van der Waals surface area contributed by atoms with Crippen LogP contribution in [0, 0.1) is 5.82 Å². The van der Waals surface area contributed by atoms with E-state index in [4.69, 9.17) is 12.2 Å². The molecule has 3 nitrogen and oxygen atoms in total. The summed E-state index contributed by atoms with van der Waals surface area (Å²) in [5.74, 6) is -0.236. The highest BCUT2D eigenvalue weighted by molar-refractivity contribution is 7.80. The maximum absolute atomic E-state index is 12.7. The molecule has 0 saturated carbocycles. The Kier molecular flexibility index (Phi) is 4.28. The Morgan fingerprint density at radius 1 is 1.50 bits per heavy atom. The summed E-state index contributed by atoms with van der Waals surface area (Å²) >= 11 is 4.84. The van der Waals surface area contributed by atoms with E-state index >= 15 is 0 Å². The fourth-order valence-corrected chi connectivity index (χ4v) is 1.01. The molecular formula is C9H12FN3S. The van der Waals surface area contributed by atoms with E-state index in [1.54, 1.807) is 13.1 Å². The maximum Gasteiger partial charge on any atom is 0.180 e. The molecule has 0 fully saturated rings. The van der Waals surface area contributed by atoms with Crippen molar-refractivity contribution in [2.45, 2.75) is 6.54 Å². The second-order valence-electron chi connectivity index (χ2n) is 2.69. The van der Waals surface area contributed by atoms with Gasteiger partial charge < -0.3 is 5.32 Å². The van der Waals surface area contributed by atoms with Gasteiger partial charge in [0.1, 0.15) is 5.82 Å². The molecule has 0 aliphatic carbocycles. The van der Waals surface area contributed by atoms with E-state index in [1.165, 1.54) is 12.1 Å². The molecule has 3 N–H and O–H groups in total. The van der Waals surface area contributed by atoms with Crippen molar-refractivity contribution in [2.24, 2.45) is 0 Å². The van der Waals surface area contributed by atoms with Crippen molar-refractivity contribution >= 4 is 17.3 Å². The number of hydrazine groups is 1. The summed E-state index contributed by atoms with van der Waals surface area (Å²) < 4.78 is 12.7. The van der Waals surface area contributed by atoms with Crippen LogP contribution in [0.25, 0.3) is 0 Å². The number of hydrogen-bond acceptors (Lipinski definition) is 2. The lowest BCUT2D eigenvalue weighted by Gasteiger charge is -2.08. The molecule has 0 amide bonds. The Labute approximate surface area is 87.7 Å². The quantitative estimate of drug-likeness (QED) is 0.515. The zero-order valence-corrected chi connectivity index (χ0v) is 8.62. The number of thiocarbonyl (C=S) groups is 1. The third kappa shape index (κ3) is 3.68. The zero-order valence-electron chi connectivity index (χ0n) is 7.80. The van der Waals surface area contributed by atoms with Crippen LogP contribution in [0.3, 0.4) is 0 Å². The van der Waals surface area contributed by atoms with Gasteiger partial charge in [-0.3, -0.25) is 5.43 Å². The van der Waals surface area contributed by atoms with Crippen LogP contribution >= 0.6 is 12.2 Å². The summed E-state index contributed by atoms with van der Waals surface area (Å²) in [7, 11) is 1.72. The highest BCUT2D eigenvalue weighted by atomic mass is 32.1. The second-order valence-corrected chi connectivity index (χ2v) is 3.10. The first-order valence-corrected chi connectivity index (χ1v) is 4.58. The fraction of sp³-hybridized carbons (Fsp3) is 0.222. The van der Waals surface area contributed by atoms with Gasteiger partial charge in [-0.15, -0.1) is 0 Å². The lowest BCUT2D eigenvalue weighted by molar-refractivity contribution is 0.613. The van der Waals surface area contributed by atoms with Crippen LogP contribution in [0.4, 0.5) is 4.39 Å². The Hall–Kier alpha value is -1.20. The molecule has 1 aromatic rings. The van der Waals surface area contributed by atoms with Crippen LogP contribution in [0.5, 0.6) is 0 Å². The monoisotopic (exact) mass is 213 g/mol. The van der Waals surface area contributed by atoms with Crippen molar-refractivity contribution in [3.8, 4) is 0 Å². The Balaban J connectivity index is 2.35. The largest absolute Gasteiger partial charge is 0.365 e. The third-order valence-electron chi connectivity index (χ3n) is 1.61. The van der Waals surface area contributed by atoms with Crippen LogP contribution < -0.4 is 16.2 Å². The molecule has 0 saturated heterocycles. The van der Waals surface area contributed by atoms with Gasteiger partial charge in [0.25, 0.3) is 0 Å². The summed E-state index contributed by atoms with van der Waals surface area (Å²) in [5, 5.41) is 3.25. The fourth-order valence-electron chi connectivity index (χ4n) is 0.936. The molecule has 14 heavy (non-hydrogen) atoms. The summed E-state index contributed by atoms with van der Waals surface area (Å²) in [4.78, 5) is 0. The normalized spacial score (nSPS) is 9.57. The Morgan fingerprint density at radius 2 is 2.29 bits per heavy atom. The maximum atomic E-state index is 12.7. The van der Waals surface area contributed by atoms with Gasteiger partial charge in [-0.1, -0.05) is 12.1 Å². The predicted octanol–water partition coefficient (Wildman–Crippen LogP) is 0.924. The van der Waals surface area contributed by atoms with E-state index in [0.717, 1.165) is 5.56 Å². The van der Waals surface area contributed by atoms with Crippen LogP contribution in [0.1, 0.15) is 5.56 Å². The highest BCUT2D eigenvalue weighted by Gasteiger charge is 1.94. The van der Waals surface area contributed by atoms with E-state index in [0.29, 0.717) is 11.7 Å². The van der Waals surface area contributed by atoms with Gasteiger partial charge >= 0.3 is 0 Å². The molecule has 0 atom stereocenters. The summed E-state index contributed by atoms with van der Waals surface area (Å²) in [6.45, 7) is 0.513. The number of halogens is 1. The molecule has 1 rings (SSSR count). The number of rotatable bonds is 3. The molecule has 0 unspecified atom stereocenters. The van der Waals surface area contributed by atoms with Crippen molar-refractivity contribution in [3.63, 3.8) is 0 Å². The minimum atomic E-state index is -0.236. The molecular weight excluding hydrogens is 201 g/mol. The van der Waals surface area contributed by atoms with Crippen LogP contribution in [0.2, 0.25) is 0 Å². The van der Waals surface area contributed by atoms with Gasteiger partial charge in [0.2, 0.25) is 0 Å². The third-order valence-corrected chi connectivity index (χ3v) is 1.92. The average Bonchev–Trinajstić information content (AvgIpc) is 2.17. The molecule has 1 aromatic carbocycles. The smallest absolute Gasteiger partial charge is 0.180 e. The van der Waals surface area contributed by atoms with Gasteiger partial charge in [0, 0.05) is 13.6 Å². The van der Waals surface area contributed by atoms with Crippen molar-refractivity contribution < 1.29 is 4.39 Å². The first-order chi connectivity index (χ1) is 6.72. The highest BCUT2D eigenvalue weighted by Crippen LogP contribution is 2.01. The summed E-state index contributed by atoms with van der Waals surface area (Å²) in [6.07, 6.45) is 0. The molecule has 0 aliphatic heterocycles. The number of nitrogens with one attached hydrogen (secondary N) is 3. The Morgan fingerprint density at radius 3 is 2.93 bits per heavy atom. The zero-order chi connectivity index (χ0) is 10.4. The van der Waals surface area contributed by atoms with Gasteiger partial charge in [-0.2, -0.15) is 0 Å². The molecule has 0 spiro atoms. The first-order valence-electron chi connectivity index (χ1n) is 4.17. The topological polar surface area (TPSA) is 36.1 Å². The lowest BCUT2D eigenvalue weighted by atomic mass is 10.2. The van der Waals surface area contributed by atoms with Gasteiger partial charge in [-0.05, 0) is 29.9 Å². The summed E-state index contributed by atoms with van der Waals surface area (Å²) in [6, 6.07) is 6.38. The van der Waals surface area contributed by atoms with Gasteiger partial charge in [0.15, 0.2) is 5.11 Å². The van der Waals surface area contributed by atoms with Crippen molar-refractivity contribution in [1.29, 1.82) is 0 Å². The van der Waals surface area contributed by atoms with E-state index in [-0.39, 0.29) is 5.82 Å². The lowest BCUT2D eigenvalue weighted by Crippen LogP contribution is -2.42. The van der Waals surface area contributed by atoms with Crippen LogP contribution in [-0.2, 0) is 6.54 Å². The number of benzene rings is 1. The molecule has 0 aromatic heterocycles. The molecule has 0 bridgehead atoms. The Bertz CT molecular complexity index is 317.